The molecule has 1 saturated heterocycles. The summed E-state index contributed by atoms with van der Waals surface area (Å²) >= 11 is 8.04. The third-order valence-electron chi connectivity index (χ3n) is 3.59. The summed E-state index contributed by atoms with van der Waals surface area (Å²) in [6.07, 6.45) is 0.213. The molecule has 1 aromatic heterocycles. The molecule has 1 aromatic rings. The predicted molar refractivity (Wildman–Crippen MR) is 103 cm³/mol. The molecule has 1 aliphatic heterocycles. The fraction of sp³-hybridized carbons (Fsp3) is 0.500. The van der Waals surface area contributed by atoms with Crippen molar-refractivity contribution < 1.29 is 19.1 Å². The van der Waals surface area contributed by atoms with Gasteiger partial charge in [0.15, 0.2) is 0 Å². The predicted octanol–water partition coefficient (Wildman–Crippen LogP) is 1.98. The minimum atomic E-state index is -0.772. The number of nitrogens with zero attached hydrogens (tertiary/aromatic N) is 1. The SMILES string of the molecule is CCOC(=O)CN1C(=O)C(NC(=O)Cc2cccs2)C(C)(C)SC1=S. The van der Waals surface area contributed by atoms with Gasteiger partial charge in [-0.1, -0.05) is 30.0 Å². The summed E-state index contributed by atoms with van der Waals surface area (Å²) in [6, 6.07) is 2.97. The van der Waals surface area contributed by atoms with Gasteiger partial charge in [0.1, 0.15) is 16.9 Å². The molecule has 0 bridgehead atoms. The van der Waals surface area contributed by atoms with Gasteiger partial charge in [0, 0.05) is 9.62 Å². The Hall–Kier alpha value is -1.45. The Bertz CT molecular complexity index is 673. The van der Waals surface area contributed by atoms with Crippen LogP contribution in [0.15, 0.2) is 17.5 Å². The molecule has 1 aliphatic rings. The van der Waals surface area contributed by atoms with E-state index in [1.54, 1.807) is 6.92 Å². The molecule has 0 aromatic carbocycles. The number of hydrogen-bond donors (Lipinski definition) is 1. The molecular formula is C16H20N2O4S3. The Balaban J connectivity index is 2.10. The monoisotopic (exact) mass is 400 g/mol. The van der Waals surface area contributed by atoms with E-state index in [2.05, 4.69) is 5.32 Å². The van der Waals surface area contributed by atoms with Crippen LogP contribution >= 0.6 is 35.3 Å². The van der Waals surface area contributed by atoms with E-state index in [1.807, 2.05) is 31.4 Å². The van der Waals surface area contributed by atoms with Gasteiger partial charge in [0.25, 0.3) is 5.91 Å². The molecule has 0 saturated carbocycles. The molecule has 25 heavy (non-hydrogen) atoms. The number of amides is 2. The van der Waals surface area contributed by atoms with E-state index in [4.69, 9.17) is 17.0 Å². The summed E-state index contributed by atoms with van der Waals surface area (Å²) in [7, 11) is 0. The normalized spacial score (nSPS) is 19.6. The maximum atomic E-state index is 12.8. The summed E-state index contributed by atoms with van der Waals surface area (Å²) in [6.45, 7) is 5.37. The van der Waals surface area contributed by atoms with Crippen molar-refractivity contribution in [2.24, 2.45) is 0 Å². The molecule has 2 rings (SSSR count). The highest BCUT2D eigenvalue weighted by atomic mass is 32.2. The quantitative estimate of drug-likeness (QED) is 0.581. The standard InChI is InChI=1S/C16H20N2O4S3/c1-4-22-12(20)9-18-14(21)13(16(2,3)25-15(18)23)17-11(19)8-10-6-5-7-24-10/h5-7,13H,4,8-9H2,1-3H3,(H,17,19). The number of ether oxygens (including phenoxy) is 1. The lowest BCUT2D eigenvalue weighted by molar-refractivity contribution is -0.147. The number of thiocarbonyl (C=S) groups is 1. The molecule has 0 radical (unpaired) electrons. The highest BCUT2D eigenvalue weighted by Crippen LogP contribution is 2.36. The number of esters is 1. The van der Waals surface area contributed by atoms with E-state index in [-0.39, 0.29) is 31.4 Å². The van der Waals surface area contributed by atoms with Crippen molar-refractivity contribution in [2.75, 3.05) is 13.2 Å². The van der Waals surface area contributed by atoms with Gasteiger partial charge < -0.3 is 10.1 Å². The minimum absolute atomic E-state index is 0.213. The van der Waals surface area contributed by atoms with Crippen molar-refractivity contribution in [2.45, 2.75) is 38.0 Å². The first kappa shape index (κ1) is 19.9. The Morgan fingerprint density at radius 3 is 2.76 bits per heavy atom. The van der Waals surface area contributed by atoms with Crippen molar-refractivity contribution in [3.8, 4) is 0 Å². The van der Waals surface area contributed by atoms with Gasteiger partial charge >= 0.3 is 5.97 Å². The van der Waals surface area contributed by atoms with E-state index in [0.717, 1.165) is 4.88 Å². The molecule has 1 fully saturated rings. The lowest BCUT2D eigenvalue weighted by atomic mass is 10.0. The second-order valence-corrected chi connectivity index (χ2v) is 9.28. The van der Waals surface area contributed by atoms with Crippen molar-refractivity contribution >= 4 is 57.4 Å². The lowest BCUT2D eigenvalue weighted by Crippen LogP contribution is -2.63. The molecule has 2 amide bonds. The molecular weight excluding hydrogens is 380 g/mol. The highest BCUT2D eigenvalue weighted by molar-refractivity contribution is 8.24. The van der Waals surface area contributed by atoms with Gasteiger partial charge in [-0.3, -0.25) is 19.3 Å². The van der Waals surface area contributed by atoms with Crippen LogP contribution in [0.25, 0.3) is 0 Å². The topological polar surface area (TPSA) is 75.7 Å². The molecule has 0 aliphatic carbocycles. The Morgan fingerprint density at radius 1 is 1.44 bits per heavy atom. The van der Waals surface area contributed by atoms with Gasteiger partial charge in [-0.15, -0.1) is 11.3 Å². The maximum absolute atomic E-state index is 12.8. The zero-order valence-corrected chi connectivity index (χ0v) is 16.7. The highest BCUT2D eigenvalue weighted by Gasteiger charge is 2.46. The van der Waals surface area contributed by atoms with E-state index < -0.39 is 16.8 Å². The van der Waals surface area contributed by atoms with Gasteiger partial charge in [-0.05, 0) is 32.2 Å². The summed E-state index contributed by atoms with van der Waals surface area (Å²) in [5.41, 5.74) is 0. The van der Waals surface area contributed by atoms with Crippen molar-refractivity contribution in [3.05, 3.63) is 22.4 Å². The van der Waals surface area contributed by atoms with Gasteiger partial charge in [-0.2, -0.15) is 0 Å². The van der Waals surface area contributed by atoms with Crippen molar-refractivity contribution in [3.63, 3.8) is 0 Å². The van der Waals surface area contributed by atoms with E-state index in [0.29, 0.717) is 4.32 Å². The smallest absolute Gasteiger partial charge is 0.326 e. The van der Waals surface area contributed by atoms with Crippen LogP contribution in [0.4, 0.5) is 0 Å². The van der Waals surface area contributed by atoms with Crippen LogP contribution in [0.5, 0.6) is 0 Å². The molecule has 1 N–H and O–H groups in total. The molecule has 1 unspecified atom stereocenters. The van der Waals surface area contributed by atoms with Crippen LogP contribution in [0, 0.1) is 0 Å². The van der Waals surface area contributed by atoms with Crippen LogP contribution in [-0.2, 0) is 25.5 Å². The molecule has 0 spiro atoms. The average molecular weight is 401 g/mol. The van der Waals surface area contributed by atoms with Crippen LogP contribution in [-0.4, -0.2) is 50.9 Å². The first-order valence-electron chi connectivity index (χ1n) is 7.76. The lowest BCUT2D eigenvalue weighted by Gasteiger charge is -2.42. The summed E-state index contributed by atoms with van der Waals surface area (Å²) < 4.78 is 4.60. The Kier molecular flexibility index (Phi) is 6.59. The van der Waals surface area contributed by atoms with Crippen molar-refractivity contribution in [1.29, 1.82) is 0 Å². The molecule has 2 heterocycles. The minimum Gasteiger partial charge on any atom is -0.465 e. The maximum Gasteiger partial charge on any atom is 0.326 e. The summed E-state index contributed by atoms with van der Waals surface area (Å²) in [5.74, 6) is -1.15. The molecule has 1 atom stereocenters. The summed E-state index contributed by atoms with van der Waals surface area (Å²) in [5, 5.41) is 4.69. The van der Waals surface area contributed by atoms with Crippen molar-refractivity contribution in [1.82, 2.24) is 10.2 Å². The number of thioether (sulfide) groups is 1. The number of nitrogens with one attached hydrogen (secondary N) is 1. The zero-order valence-electron chi connectivity index (χ0n) is 14.2. The molecule has 9 heteroatoms. The largest absolute Gasteiger partial charge is 0.465 e. The molecule has 6 nitrogen and oxygen atoms in total. The van der Waals surface area contributed by atoms with Gasteiger partial charge in [0.2, 0.25) is 5.91 Å². The Labute approximate surface area is 160 Å². The fourth-order valence-corrected chi connectivity index (χ4v) is 4.87. The van der Waals surface area contributed by atoms with Gasteiger partial charge in [-0.25, -0.2) is 0 Å². The van der Waals surface area contributed by atoms with E-state index in [1.165, 1.54) is 28.0 Å². The van der Waals surface area contributed by atoms with E-state index in [9.17, 15) is 14.4 Å². The van der Waals surface area contributed by atoms with Crippen LogP contribution < -0.4 is 5.32 Å². The number of hydrogen-bond acceptors (Lipinski definition) is 7. The molecule has 136 valence electrons. The first-order chi connectivity index (χ1) is 11.7. The third-order valence-corrected chi connectivity index (χ3v) is 6.10. The number of thiophene rings is 1. The summed E-state index contributed by atoms with van der Waals surface area (Å²) in [4.78, 5) is 39.0. The van der Waals surface area contributed by atoms with Gasteiger partial charge in [0.05, 0.1) is 13.0 Å². The number of carbonyl (C=O) groups is 3. The van der Waals surface area contributed by atoms with Crippen LogP contribution in [0.3, 0.4) is 0 Å². The second kappa shape index (κ2) is 8.29. The second-order valence-electron chi connectivity index (χ2n) is 5.96. The van der Waals surface area contributed by atoms with Crippen LogP contribution in [0.1, 0.15) is 25.6 Å². The zero-order chi connectivity index (χ0) is 18.6. The van der Waals surface area contributed by atoms with E-state index >= 15 is 0 Å². The average Bonchev–Trinajstić information content (AvgIpc) is 3.01. The first-order valence-corrected chi connectivity index (χ1v) is 9.86. The number of rotatable bonds is 6. The third kappa shape index (κ3) is 5.02. The Morgan fingerprint density at radius 2 is 2.16 bits per heavy atom. The number of carbonyl (C=O) groups excluding carboxylic acids is 3. The fourth-order valence-electron chi connectivity index (χ4n) is 2.38. The van der Waals surface area contributed by atoms with Crippen LogP contribution in [0.2, 0.25) is 0 Å².